The number of anilines is 1. The van der Waals surface area contributed by atoms with E-state index in [4.69, 9.17) is 5.73 Å². The number of pyridine rings is 1. The molecule has 3 N–H and O–H groups in total. The van der Waals surface area contributed by atoms with Gasteiger partial charge in [-0.25, -0.2) is 9.97 Å². The first kappa shape index (κ1) is 12.6. The predicted molar refractivity (Wildman–Crippen MR) is 84.8 cm³/mol. The SMILES string of the molecule is Cc1c(-c2ccc3nc(N)c(C=O)n3c2)ccc2[nH]cnc12. The summed E-state index contributed by atoms with van der Waals surface area (Å²) in [7, 11) is 0. The molecular formula is C16H13N5O. The van der Waals surface area contributed by atoms with Gasteiger partial charge in [-0.15, -0.1) is 0 Å². The summed E-state index contributed by atoms with van der Waals surface area (Å²) in [6.07, 6.45) is 4.29. The Balaban J connectivity index is 1.99. The Morgan fingerprint density at radius 1 is 1.27 bits per heavy atom. The van der Waals surface area contributed by atoms with Gasteiger partial charge in [-0.2, -0.15) is 0 Å². The number of aldehydes is 1. The second-order valence-electron chi connectivity index (χ2n) is 5.18. The lowest BCUT2D eigenvalue weighted by atomic mass is 10.0. The van der Waals surface area contributed by atoms with Gasteiger partial charge in [0.15, 0.2) is 12.1 Å². The number of nitrogens with one attached hydrogen (secondary N) is 1. The molecule has 0 saturated carbocycles. The van der Waals surface area contributed by atoms with Gasteiger partial charge in [0, 0.05) is 6.20 Å². The maximum atomic E-state index is 11.2. The zero-order chi connectivity index (χ0) is 15.3. The smallest absolute Gasteiger partial charge is 0.170 e. The van der Waals surface area contributed by atoms with Gasteiger partial charge in [0.2, 0.25) is 0 Å². The average molecular weight is 291 g/mol. The van der Waals surface area contributed by atoms with Gasteiger partial charge in [0.25, 0.3) is 0 Å². The number of rotatable bonds is 2. The van der Waals surface area contributed by atoms with Gasteiger partial charge in [-0.1, -0.05) is 6.07 Å². The molecule has 4 rings (SSSR count). The van der Waals surface area contributed by atoms with Crippen LogP contribution >= 0.6 is 0 Å². The molecule has 0 radical (unpaired) electrons. The zero-order valence-electron chi connectivity index (χ0n) is 11.9. The fourth-order valence-electron chi connectivity index (χ4n) is 2.82. The molecule has 4 aromatic rings. The summed E-state index contributed by atoms with van der Waals surface area (Å²) in [5, 5.41) is 0. The lowest BCUT2D eigenvalue weighted by Gasteiger charge is -2.08. The van der Waals surface area contributed by atoms with Crippen molar-refractivity contribution in [2.45, 2.75) is 6.92 Å². The van der Waals surface area contributed by atoms with Crippen LogP contribution < -0.4 is 5.73 Å². The fraction of sp³-hybridized carbons (Fsp3) is 0.0625. The summed E-state index contributed by atoms with van der Waals surface area (Å²) in [4.78, 5) is 22.8. The number of hydrogen-bond donors (Lipinski definition) is 2. The predicted octanol–water partition coefficient (Wildman–Crippen LogP) is 2.58. The number of aryl methyl sites for hydroxylation is 1. The van der Waals surface area contributed by atoms with Crippen LogP contribution in [0.5, 0.6) is 0 Å². The van der Waals surface area contributed by atoms with Crippen LogP contribution in [0.15, 0.2) is 36.8 Å². The minimum absolute atomic E-state index is 0.242. The number of hydrogen-bond acceptors (Lipinski definition) is 4. The second kappa shape index (κ2) is 4.42. The molecule has 6 nitrogen and oxygen atoms in total. The first-order valence-corrected chi connectivity index (χ1v) is 6.85. The monoisotopic (exact) mass is 291 g/mol. The average Bonchev–Trinajstić information content (AvgIpc) is 3.10. The van der Waals surface area contributed by atoms with Crippen molar-refractivity contribution in [3.63, 3.8) is 0 Å². The van der Waals surface area contributed by atoms with Crippen molar-refractivity contribution in [1.29, 1.82) is 0 Å². The Hall–Kier alpha value is -3.15. The number of H-pyrrole nitrogens is 1. The van der Waals surface area contributed by atoms with Gasteiger partial charge >= 0.3 is 0 Å². The van der Waals surface area contributed by atoms with Crippen LogP contribution in [0.25, 0.3) is 27.8 Å². The molecule has 3 heterocycles. The number of aromatic amines is 1. The summed E-state index contributed by atoms with van der Waals surface area (Å²) in [5.74, 6) is 0.242. The first-order chi connectivity index (χ1) is 10.7. The number of benzene rings is 1. The molecule has 3 aromatic heterocycles. The van der Waals surface area contributed by atoms with Crippen LogP contribution in [0.2, 0.25) is 0 Å². The van der Waals surface area contributed by atoms with Crippen molar-refractivity contribution in [2.75, 3.05) is 5.73 Å². The molecule has 0 bridgehead atoms. The third-order valence-electron chi connectivity index (χ3n) is 3.95. The Kier molecular flexibility index (Phi) is 2.53. The van der Waals surface area contributed by atoms with E-state index < -0.39 is 0 Å². The van der Waals surface area contributed by atoms with Gasteiger partial charge < -0.3 is 10.7 Å². The molecular weight excluding hydrogens is 278 g/mol. The molecule has 0 aliphatic rings. The van der Waals surface area contributed by atoms with Crippen molar-refractivity contribution in [3.05, 3.63) is 48.0 Å². The van der Waals surface area contributed by atoms with E-state index in [9.17, 15) is 4.79 Å². The van der Waals surface area contributed by atoms with E-state index >= 15 is 0 Å². The molecule has 0 aliphatic carbocycles. The molecule has 0 aliphatic heterocycles. The lowest BCUT2D eigenvalue weighted by Crippen LogP contribution is -1.95. The Morgan fingerprint density at radius 2 is 2.14 bits per heavy atom. The summed E-state index contributed by atoms with van der Waals surface area (Å²) >= 11 is 0. The third kappa shape index (κ3) is 1.64. The number of nitrogens with zero attached hydrogens (tertiary/aromatic N) is 3. The number of nitrogen functional groups attached to an aromatic ring is 1. The summed E-state index contributed by atoms with van der Waals surface area (Å²) in [6, 6.07) is 7.86. The van der Waals surface area contributed by atoms with Crippen molar-refractivity contribution < 1.29 is 4.79 Å². The van der Waals surface area contributed by atoms with Crippen molar-refractivity contribution in [2.24, 2.45) is 0 Å². The fourth-order valence-corrected chi connectivity index (χ4v) is 2.82. The number of imidazole rings is 2. The molecule has 0 saturated heterocycles. The first-order valence-electron chi connectivity index (χ1n) is 6.85. The number of aromatic nitrogens is 4. The van der Waals surface area contributed by atoms with E-state index in [0.29, 0.717) is 11.3 Å². The van der Waals surface area contributed by atoms with E-state index in [1.165, 1.54) is 0 Å². The van der Waals surface area contributed by atoms with E-state index in [0.717, 1.165) is 34.0 Å². The van der Waals surface area contributed by atoms with Crippen LogP contribution in [-0.4, -0.2) is 25.6 Å². The number of fused-ring (bicyclic) bond motifs is 2. The highest BCUT2D eigenvalue weighted by Gasteiger charge is 2.12. The minimum Gasteiger partial charge on any atom is -0.382 e. The Morgan fingerprint density at radius 3 is 2.95 bits per heavy atom. The molecule has 22 heavy (non-hydrogen) atoms. The van der Waals surface area contributed by atoms with Crippen LogP contribution in [0, 0.1) is 6.92 Å². The van der Waals surface area contributed by atoms with Crippen molar-refractivity contribution >= 4 is 28.8 Å². The molecule has 0 spiro atoms. The maximum absolute atomic E-state index is 11.2. The lowest BCUT2D eigenvalue weighted by molar-refractivity contribution is 0.111. The van der Waals surface area contributed by atoms with E-state index in [-0.39, 0.29) is 5.82 Å². The molecule has 0 amide bonds. The highest BCUT2D eigenvalue weighted by Crippen LogP contribution is 2.29. The van der Waals surface area contributed by atoms with Crippen LogP contribution in [0.4, 0.5) is 5.82 Å². The highest BCUT2D eigenvalue weighted by atomic mass is 16.1. The standard InChI is InChI=1S/C16H13N5O/c1-9-11(3-4-12-15(9)19-8-18-12)10-2-5-14-20-16(17)13(7-22)21(14)6-10/h2-8H,17H2,1H3,(H,18,19). The zero-order valence-corrected chi connectivity index (χ0v) is 11.9. The summed E-state index contributed by atoms with van der Waals surface area (Å²) in [6.45, 7) is 2.03. The third-order valence-corrected chi connectivity index (χ3v) is 3.95. The summed E-state index contributed by atoms with van der Waals surface area (Å²) < 4.78 is 1.71. The topological polar surface area (TPSA) is 89.1 Å². The number of nitrogens with two attached hydrogens (primary N) is 1. The molecule has 0 unspecified atom stereocenters. The van der Waals surface area contributed by atoms with Crippen LogP contribution in [0.3, 0.4) is 0 Å². The molecule has 6 heteroatoms. The Bertz CT molecular complexity index is 1030. The van der Waals surface area contributed by atoms with Gasteiger partial charge in [-0.3, -0.25) is 9.20 Å². The van der Waals surface area contributed by atoms with Crippen LogP contribution in [0.1, 0.15) is 16.1 Å². The van der Waals surface area contributed by atoms with Gasteiger partial charge in [-0.05, 0) is 41.8 Å². The van der Waals surface area contributed by atoms with Crippen molar-refractivity contribution in [3.8, 4) is 11.1 Å². The van der Waals surface area contributed by atoms with Crippen LogP contribution in [-0.2, 0) is 0 Å². The molecule has 108 valence electrons. The Labute approximate surface area is 125 Å². The minimum atomic E-state index is 0.242. The van der Waals surface area contributed by atoms with Gasteiger partial charge in [0.1, 0.15) is 11.3 Å². The van der Waals surface area contributed by atoms with Crippen molar-refractivity contribution in [1.82, 2.24) is 19.4 Å². The van der Waals surface area contributed by atoms with E-state index in [2.05, 4.69) is 15.0 Å². The molecule has 1 aromatic carbocycles. The second-order valence-corrected chi connectivity index (χ2v) is 5.18. The van der Waals surface area contributed by atoms with Gasteiger partial charge in [0.05, 0.1) is 17.4 Å². The largest absolute Gasteiger partial charge is 0.382 e. The highest BCUT2D eigenvalue weighted by molar-refractivity contribution is 5.87. The number of carbonyl (C=O) groups is 1. The molecule has 0 atom stereocenters. The normalized spacial score (nSPS) is 11.3. The molecule has 0 fully saturated rings. The number of carbonyl (C=O) groups excluding carboxylic acids is 1. The quantitative estimate of drug-likeness (QED) is 0.555. The van der Waals surface area contributed by atoms with E-state index in [1.807, 2.05) is 37.4 Å². The van der Waals surface area contributed by atoms with E-state index in [1.54, 1.807) is 10.7 Å². The summed E-state index contributed by atoms with van der Waals surface area (Å²) in [5.41, 5.74) is 11.9. The maximum Gasteiger partial charge on any atom is 0.170 e.